The number of fused-ring (bicyclic) bond motifs is 1. The number of halogens is 2. The van der Waals surface area contributed by atoms with Crippen LogP contribution in [0.25, 0.3) is 11.5 Å². The molecule has 0 unspecified atom stereocenters. The van der Waals surface area contributed by atoms with Gasteiger partial charge in [0.25, 0.3) is 15.9 Å². The van der Waals surface area contributed by atoms with E-state index in [1.54, 1.807) is 36.4 Å². The van der Waals surface area contributed by atoms with E-state index in [1.807, 2.05) is 19.9 Å². The van der Waals surface area contributed by atoms with Gasteiger partial charge in [0.05, 0.1) is 10.6 Å². The Kier molecular flexibility index (Phi) is 6.63. The molecule has 0 amide bonds. The second-order valence-corrected chi connectivity index (χ2v) is 11.3. The Hall–Kier alpha value is -3.14. The minimum absolute atomic E-state index is 0.109. The first-order valence-electron chi connectivity index (χ1n) is 11.3. The van der Waals surface area contributed by atoms with Crippen LogP contribution in [0.2, 0.25) is 10.2 Å². The van der Waals surface area contributed by atoms with Gasteiger partial charge >= 0.3 is 0 Å². The maximum absolute atomic E-state index is 13.4. The monoisotopic (exact) mass is 544 g/mol. The van der Waals surface area contributed by atoms with Gasteiger partial charge in [-0.3, -0.25) is 4.31 Å². The lowest BCUT2D eigenvalue weighted by molar-refractivity contribution is 0.418. The largest absolute Gasteiger partial charge is 0.439 e. The Morgan fingerprint density at radius 3 is 2.53 bits per heavy atom. The minimum atomic E-state index is -3.78. The Bertz CT molecular complexity index is 1520. The first kappa shape index (κ1) is 24.5. The van der Waals surface area contributed by atoms with Crippen molar-refractivity contribution in [1.82, 2.24) is 15.1 Å². The highest BCUT2D eigenvalue weighted by Crippen LogP contribution is 2.37. The number of aryl methyl sites for hydroxylation is 1. The Balaban J connectivity index is 1.46. The zero-order valence-electron chi connectivity index (χ0n) is 19.5. The second kappa shape index (κ2) is 9.72. The fourth-order valence-corrected chi connectivity index (χ4v) is 5.78. The average Bonchev–Trinajstić information content (AvgIpc) is 3.34. The summed E-state index contributed by atoms with van der Waals surface area (Å²) in [6.07, 6.45) is 1.47. The molecule has 186 valence electrons. The van der Waals surface area contributed by atoms with Crippen molar-refractivity contribution in [2.75, 3.05) is 10.8 Å². The second-order valence-electron chi connectivity index (χ2n) is 8.66. The maximum atomic E-state index is 13.4. The first-order chi connectivity index (χ1) is 17.2. The Morgan fingerprint density at radius 2 is 1.81 bits per heavy atom. The van der Waals surface area contributed by atoms with E-state index in [-0.39, 0.29) is 21.8 Å². The van der Waals surface area contributed by atoms with Crippen LogP contribution in [0.15, 0.2) is 64.0 Å². The van der Waals surface area contributed by atoms with E-state index in [2.05, 4.69) is 15.1 Å². The summed E-state index contributed by atoms with van der Waals surface area (Å²) in [6, 6.07) is 14.7. The molecule has 0 saturated heterocycles. The quantitative estimate of drug-likeness (QED) is 0.255. The van der Waals surface area contributed by atoms with E-state index < -0.39 is 10.0 Å². The number of benzene rings is 2. The molecule has 1 aliphatic rings. The van der Waals surface area contributed by atoms with Gasteiger partial charge in [0.2, 0.25) is 5.88 Å². The fourth-order valence-electron chi connectivity index (χ4n) is 3.92. The lowest BCUT2D eigenvalue weighted by Crippen LogP contribution is -2.35. The third-order valence-electron chi connectivity index (χ3n) is 5.73. The van der Waals surface area contributed by atoms with Crippen LogP contribution in [0, 0.1) is 0 Å². The van der Waals surface area contributed by atoms with Crippen molar-refractivity contribution >= 4 is 38.9 Å². The molecule has 0 bridgehead atoms. The number of pyridine rings is 1. The molecule has 1 aliphatic heterocycles. The summed E-state index contributed by atoms with van der Waals surface area (Å²) >= 11 is 12.2. The molecule has 11 heteroatoms. The number of ether oxygens (including phenoxy) is 1. The Labute approximate surface area is 218 Å². The van der Waals surface area contributed by atoms with Crippen LogP contribution in [0.5, 0.6) is 11.6 Å². The molecule has 8 nitrogen and oxygen atoms in total. The molecule has 0 fully saturated rings. The highest BCUT2D eigenvalue weighted by Gasteiger charge is 2.29. The van der Waals surface area contributed by atoms with Crippen molar-refractivity contribution < 1.29 is 17.7 Å². The minimum Gasteiger partial charge on any atom is -0.439 e. The van der Waals surface area contributed by atoms with E-state index in [0.29, 0.717) is 46.7 Å². The summed E-state index contributed by atoms with van der Waals surface area (Å²) in [5.74, 6) is 1.62. The van der Waals surface area contributed by atoms with Gasteiger partial charge in [0.15, 0.2) is 5.82 Å². The smallest absolute Gasteiger partial charge is 0.264 e. The molecule has 0 radical (unpaired) electrons. The van der Waals surface area contributed by atoms with Crippen LogP contribution >= 0.6 is 23.2 Å². The summed E-state index contributed by atoms with van der Waals surface area (Å²) in [6.45, 7) is 4.29. The normalized spacial score (nSPS) is 13.6. The summed E-state index contributed by atoms with van der Waals surface area (Å²) < 4.78 is 39.6. The van der Waals surface area contributed by atoms with Crippen LogP contribution in [-0.4, -0.2) is 30.1 Å². The molecule has 0 N–H and O–H groups in total. The van der Waals surface area contributed by atoms with Crippen LogP contribution in [0.1, 0.15) is 37.6 Å². The van der Waals surface area contributed by atoms with Gasteiger partial charge in [0, 0.05) is 35.2 Å². The number of rotatable bonds is 6. The molecule has 0 spiro atoms. The van der Waals surface area contributed by atoms with Gasteiger partial charge < -0.3 is 9.26 Å². The molecule has 0 saturated carbocycles. The highest BCUT2D eigenvalue weighted by atomic mass is 35.5. The van der Waals surface area contributed by atoms with Gasteiger partial charge in [0.1, 0.15) is 10.9 Å². The summed E-state index contributed by atoms with van der Waals surface area (Å²) in [5.41, 5.74) is 2.04. The van der Waals surface area contributed by atoms with Crippen molar-refractivity contribution in [2.45, 2.75) is 37.5 Å². The zero-order chi connectivity index (χ0) is 25.4. The lowest BCUT2D eigenvalue weighted by Gasteiger charge is -2.30. The van der Waals surface area contributed by atoms with Crippen molar-refractivity contribution in [3.05, 3.63) is 76.2 Å². The summed E-state index contributed by atoms with van der Waals surface area (Å²) in [5, 5.41) is 4.65. The van der Waals surface area contributed by atoms with E-state index in [1.165, 1.54) is 16.4 Å². The van der Waals surface area contributed by atoms with Crippen LogP contribution in [0.3, 0.4) is 0 Å². The third-order valence-corrected chi connectivity index (χ3v) is 8.01. The van der Waals surface area contributed by atoms with Gasteiger partial charge in [-0.15, -0.1) is 0 Å². The van der Waals surface area contributed by atoms with Crippen molar-refractivity contribution in [1.29, 1.82) is 0 Å². The fraction of sp³-hybridized carbons (Fsp3) is 0.240. The molecular formula is C25H22Cl2N4O4S. The van der Waals surface area contributed by atoms with Gasteiger partial charge in [-0.05, 0) is 54.8 Å². The number of hydrogen-bond donors (Lipinski definition) is 0. The SMILES string of the molecule is CC(C)c1noc(-c2cc(Cl)nc(Oc3ccc4c(c3)N(S(=O)(=O)c3ccc(Cl)cc3)CCC4)c2)n1. The third kappa shape index (κ3) is 4.91. The van der Waals surface area contributed by atoms with Crippen molar-refractivity contribution in [2.24, 2.45) is 0 Å². The van der Waals surface area contributed by atoms with Crippen LogP contribution < -0.4 is 9.04 Å². The van der Waals surface area contributed by atoms with Gasteiger partial charge in [-0.2, -0.15) is 4.98 Å². The number of anilines is 1. The van der Waals surface area contributed by atoms with E-state index in [4.69, 9.17) is 32.5 Å². The lowest BCUT2D eigenvalue weighted by atomic mass is 10.0. The molecule has 4 aromatic rings. The predicted octanol–water partition coefficient (Wildman–Crippen LogP) is 6.50. The number of aromatic nitrogens is 3. The zero-order valence-corrected chi connectivity index (χ0v) is 21.8. The number of sulfonamides is 1. The topological polar surface area (TPSA) is 98.4 Å². The van der Waals surface area contributed by atoms with E-state index in [9.17, 15) is 8.42 Å². The molecule has 3 heterocycles. The van der Waals surface area contributed by atoms with E-state index >= 15 is 0 Å². The molecule has 36 heavy (non-hydrogen) atoms. The van der Waals surface area contributed by atoms with Gasteiger partial charge in [-0.25, -0.2) is 13.4 Å². The van der Waals surface area contributed by atoms with Crippen molar-refractivity contribution in [3.63, 3.8) is 0 Å². The summed E-state index contributed by atoms with van der Waals surface area (Å²) in [4.78, 5) is 8.81. The standard InChI is InChI=1S/C25H22Cl2N4O4S/c1-15(2)24-29-25(35-30-24)17-12-22(27)28-23(13-17)34-19-8-5-16-4-3-11-31(21(16)14-19)36(32,33)20-9-6-18(26)7-10-20/h5-10,12-15H,3-4,11H2,1-2H3. The molecule has 0 aliphatic carbocycles. The van der Waals surface area contributed by atoms with Crippen molar-refractivity contribution in [3.8, 4) is 23.1 Å². The molecule has 2 aromatic heterocycles. The number of hydrogen-bond acceptors (Lipinski definition) is 7. The van der Waals surface area contributed by atoms with E-state index in [0.717, 1.165) is 12.0 Å². The number of nitrogens with zero attached hydrogens (tertiary/aromatic N) is 4. The molecule has 5 rings (SSSR count). The first-order valence-corrected chi connectivity index (χ1v) is 13.5. The Morgan fingerprint density at radius 1 is 1.03 bits per heavy atom. The highest BCUT2D eigenvalue weighted by molar-refractivity contribution is 7.92. The van der Waals surface area contributed by atoms with Crippen LogP contribution in [-0.2, 0) is 16.4 Å². The predicted molar refractivity (Wildman–Crippen MR) is 137 cm³/mol. The summed E-state index contributed by atoms with van der Waals surface area (Å²) in [7, 11) is -3.78. The molecular weight excluding hydrogens is 523 g/mol. The van der Waals surface area contributed by atoms with Gasteiger partial charge in [-0.1, -0.05) is 48.3 Å². The molecule has 2 aromatic carbocycles. The molecule has 0 atom stereocenters. The maximum Gasteiger partial charge on any atom is 0.264 e. The average molecular weight is 545 g/mol. The van der Waals surface area contributed by atoms with Crippen LogP contribution in [0.4, 0.5) is 5.69 Å².